The molecular weight excluding hydrogens is 258 g/mol. The Hall–Kier alpha value is -1.94. The minimum atomic E-state index is 0.0274. The Morgan fingerprint density at radius 1 is 1.11 bits per heavy atom. The third kappa shape index (κ3) is 3.76. The Labute approximate surface area is 116 Å². The van der Waals surface area contributed by atoms with Crippen molar-refractivity contribution in [2.45, 2.75) is 4.90 Å². The zero-order valence-electron chi connectivity index (χ0n) is 10.6. The second-order valence-corrected chi connectivity index (χ2v) is 5.12. The van der Waals surface area contributed by atoms with Gasteiger partial charge in [0, 0.05) is 17.6 Å². The fraction of sp³-hybridized carbons (Fsp3) is 0.133. The molecule has 0 heterocycles. The van der Waals surface area contributed by atoms with E-state index in [1.165, 1.54) is 11.8 Å². The third-order valence-electron chi connectivity index (χ3n) is 2.72. The lowest BCUT2D eigenvalue weighted by Gasteiger charge is -2.17. The molecule has 2 aromatic rings. The molecule has 0 bridgehead atoms. The van der Waals surface area contributed by atoms with E-state index in [-0.39, 0.29) is 11.7 Å². The van der Waals surface area contributed by atoms with Gasteiger partial charge in [0.2, 0.25) is 5.91 Å². The van der Waals surface area contributed by atoms with Crippen LogP contribution in [0.4, 0.5) is 5.69 Å². The molecule has 1 amide bonds. The Bertz CT molecular complexity index is 540. The number of thioether (sulfide) groups is 1. The van der Waals surface area contributed by atoms with E-state index in [4.69, 9.17) is 0 Å². The molecule has 0 aliphatic carbocycles. The van der Waals surface area contributed by atoms with Crippen LogP contribution in [-0.4, -0.2) is 23.8 Å². The van der Waals surface area contributed by atoms with Gasteiger partial charge in [0.05, 0.1) is 5.75 Å². The fourth-order valence-electron chi connectivity index (χ4n) is 1.58. The van der Waals surface area contributed by atoms with Crippen molar-refractivity contribution < 1.29 is 9.90 Å². The van der Waals surface area contributed by atoms with Gasteiger partial charge < -0.3 is 10.0 Å². The number of hydrogen-bond donors (Lipinski definition) is 1. The molecule has 0 aliphatic heterocycles. The van der Waals surface area contributed by atoms with E-state index in [1.54, 1.807) is 36.2 Å². The van der Waals surface area contributed by atoms with Gasteiger partial charge in [-0.1, -0.05) is 18.2 Å². The smallest absolute Gasteiger partial charge is 0.237 e. The topological polar surface area (TPSA) is 40.5 Å². The van der Waals surface area contributed by atoms with E-state index < -0.39 is 0 Å². The predicted octanol–water partition coefficient (Wildman–Crippen LogP) is 3.15. The lowest BCUT2D eigenvalue weighted by molar-refractivity contribution is -0.115. The van der Waals surface area contributed by atoms with Gasteiger partial charge in [0.1, 0.15) is 5.75 Å². The van der Waals surface area contributed by atoms with Crippen LogP contribution in [0.15, 0.2) is 59.5 Å². The van der Waals surface area contributed by atoms with Crippen LogP contribution in [0.3, 0.4) is 0 Å². The average Bonchev–Trinajstić information content (AvgIpc) is 2.46. The third-order valence-corrected chi connectivity index (χ3v) is 3.71. The second-order valence-electron chi connectivity index (χ2n) is 4.07. The lowest BCUT2D eigenvalue weighted by atomic mass is 10.3. The normalized spacial score (nSPS) is 10.2. The Morgan fingerprint density at radius 2 is 1.74 bits per heavy atom. The van der Waals surface area contributed by atoms with Gasteiger partial charge in [-0.15, -0.1) is 11.8 Å². The molecule has 2 aromatic carbocycles. The number of carbonyl (C=O) groups is 1. The van der Waals surface area contributed by atoms with Crippen LogP contribution >= 0.6 is 11.8 Å². The number of anilines is 1. The largest absolute Gasteiger partial charge is 0.508 e. The van der Waals surface area contributed by atoms with Crippen molar-refractivity contribution in [3.63, 3.8) is 0 Å². The van der Waals surface area contributed by atoms with Gasteiger partial charge in [-0.05, 0) is 36.4 Å². The number of phenolic OH excluding ortho intramolecular Hbond substituents is 1. The van der Waals surface area contributed by atoms with Crippen molar-refractivity contribution in [1.29, 1.82) is 0 Å². The molecule has 0 spiro atoms. The number of aromatic hydroxyl groups is 1. The molecule has 0 aromatic heterocycles. The van der Waals surface area contributed by atoms with Crippen molar-refractivity contribution in [2.75, 3.05) is 17.7 Å². The molecule has 98 valence electrons. The van der Waals surface area contributed by atoms with Gasteiger partial charge in [-0.2, -0.15) is 0 Å². The van der Waals surface area contributed by atoms with E-state index in [1.807, 2.05) is 30.3 Å². The highest BCUT2D eigenvalue weighted by Gasteiger charge is 2.11. The summed E-state index contributed by atoms with van der Waals surface area (Å²) in [4.78, 5) is 14.7. The number of hydrogen-bond acceptors (Lipinski definition) is 3. The predicted molar refractivity (Wildman–Crippen MR) is 78.7 cm³/mol. The standard InChI is InChI=1S/C15H15NO2S/c1-16(12-7-9-13(17)10-8-12)15(18)11-19-14-5-3-2-4-6-14/h2-10,17H,11H2,1H3. The molecule has 0 fully saturated rings. The molecule has 0 aliphatic rings. The average molecular weight is 273 g/mol. The van der Waals surface area contributed by atoms with Crippen LogP contribution in [0.2, 0.25) is 0 Å². The highest BCUT2D eigenvalue weighted by atomic mass is 32.2. The van der Waals surface area contributed by atoms with Crippen molar-refractivity contribution in [2.24, 2.45) is 0 Å². The van der Waals surface area contributed by atoms with Gasteiger partial charge in [0.25, 0.3) is 0 Å². The summed E-state index contributed by atoms with van der Waals surface area (Å²) >= 11 is 1.51. The van der Waals surface area contributed by atoms with Gasteiger partial charge in [-0.25, -0.2) is 0 Å². The molecular formula is C15H15NO2S. The summed E-state index contributed by atoms with van der Waals surface area (Å²) < 4.78 is 0. The first kappa shape index (κ1) is 13.5. The van der Waals surface area contributed by atoms with E-state index in [0.29, 0.717) is 5.75 Å². The quantitative estimate of drug-likeness (QED) is 0.870. The highest BCUT2D eigenvalue weighted by Crippen LogP contribution is 2.21. The summed E-state index contributed by atoms with van der Waals surface area (Å²) in [5, 5.41) is 9.22. The van der Waals surface area contributed by atoms with E-state index in [0.717, 1.165) is 10.6 Å². The maximum Gasteiger partial charge on any atom is 0.237 e. The highest BCUT2D eigenvalue weighted by molar-refractivity contribution is 8.00. The molecule has 2 rings (SSSR count). The molecule has 3 nitrogen and oxygen atoms in total. The van der Waals surface area contributed by atoms with Crippen LogP contribution < -0.4 is 4.90 Å². The first-order chi connectivity index (χ1) is 9.16. The molecule has 19 heavy (non-hydrogen) atoms. The first-order valence-electron chi connectivity index (χ1n) is 5.90. The maximum absolute atomic E-state index is 12.0. The molecule has 0 saturated carbocycles. The number of rotatable bonds is 4. The van der Waals surface area contributed by atoms with Crippen LogP contribution in [0.5, 0.6) is 5.75 Å². The van der Waals surface area contributed by atoms with Gasteiger partial charge in [-0.3, -0.25) is 4.79 Å². The lowest BCUT2D eigenvalue weighted by Crippen LogP contribution is -2.27. The number of nitrogens with zero attached hydrogens (tertiary/aromatic N) is 1. The zero-order chi connectivity index (χ0) is 13.7. The Balaban J connectivity index is 1.94. The summed E-state index contributed by atoms with van der Waals surface area (Å²) in [6.45, 7) is 0. The Kier molecular flexibility index (Phi) is 4.47. The van der Waals surface area contributed by atoms with Crippen LogP contribution in [0.1, 0.15) is 0 Å². The summed E-state index contributed by atoms with van der Waals surface area (Å²) in [5.41, 5.74) is 0.775. The van der Waals surface area contributed by atoms with E-state index >= 15 is 0 Å². The minimum absolute atomic E-state index is 0.0274. The van der Waals surface area contributed by atoms with Crippen molar-refractivity contribution in [3.05, 3.63) is 54.6 Å². The minimum Gasteiger partial charge on any atom is -0.508 e. The van der Waals surface area contributed by atoms with Gasteiger partial charge >= 0.3 is 0 Å². The summed E-state index contributed by atoms with van der Waals surface area (Å²) in [7, 11) is 1.74. The van der Waals surface area contributed by atoms with Crippen molar-refractivity contribution >= 4 is 23.4 Å². The monoisotopic (exact) mass is 273 g/mol. The molecule has 0 unspecified atom stereocenters. The number of benzene rings is 2. The van der Waals surface area contributed by atoms with Crippen LogP contribution in [-0.2, 0) is 4.79 Å². The molecule has 0 saturated heterocycles. The van der Waals surface area contributed by atoms with E-state index in [9.17, 15) is 9.90 Å². The maximum atomic E-state index is 12.0. The van der Waals surface area contributed by atoms with Crippen molar-refractivity contribution in [3.8, 4) is 5.75 Å². The molecule has 0 radical (unpaired) electrons. The van der Waals surface area contributed by atoms with Gasteiger partial charge in [0.15, 0.2) is 0 Å². The first-order valence-corrected chi connectivity index (χ1v) is 6.89. The second kappa shape index (κ2) is 6.29. The van der Waals surface area contributed by atoms with Crippen molar-refractivity contribution in [1.82, 2.24) is 0 Å². The molecule has 4 heteroatoms. The number of phenols is 1. The fourth-order valence-corrected chi connectivity index (χ4v) is 2.41. The van der Waals surface area contributed by atoms with E-state index in [2.05, 4.69) is 0 Å². The number of amides is 1. The summed E-state index contributed by atoms with van der Waals surface area (Å²) in [5.74, 6) is 0.615. The zero-order valence-corrected chi connectivity index (χ0v) is 11.4. The number of carbonyl (C=O) groups excluding carboxylic acids is 1. The van der Waals surface area contributed by atoms with Crippen LogP contribution in [0, 0.1) is 0 Å². The Morgan fingerprint density at radius 3 is 2.37 bits per heavy atom. The summed E-state index contributed by atoms with van der Waals surface area (Å²) in [6, 6.07) is 16.4. The molecule has 0 atom stereocenters. The molecule has 1 N–H and O–H groups in total. The van der Waals surface area contributed by atoms with Crippen LogP contribution in [0.25, 0.3) is 0 Å². The summed E-state index contributed by atoms with van der Waals surface area (Å²) in [6.07, 6.45) is 0. The SMILES string of the molecule is CN(C(=O)CSc1ccccc1)c1ccc(O)cc1.